The molecule has 0 N–H and O–H groups in total. The van der Waals surface area contributed by atoms with Gasteiger partial charge < -0.3 is 9.47 Å². The zero-order valence-corrected chi connectivity index (χ0v) is 14.2. The predicted molar refractivity (Wildman–Crippen MR) is 94.5 cm³/mol. The quantitative estimate of drug-likeness (QED) is 0.480. The molecule has 0 fully saturated rings. The molecule has 0 bridgehead atoms. The molecule has 0 heterocycles. The Hall–Kier alpha value is -3.14. The summed E-state index contributed by atoms with van der Waals surface area (Å²) in [5.41, 5.74) is 3.32. The van der Waals surface area contributed by atoms with Crippen LogP contribution in [0.15, 0.2) is 72.8 Å². The molecular formula is C21H18O4. The zero-order chi connectivity index (χ0) is 18.2. The second kappa shape index (κ2) is 6.06. The summed E-state index contributed by atoms with van der Waals surface area (Å²) < 4.78 is 11.4. The summed E-state index contributed by atoms with van der Waals surface area (Å²) in [4.78, 5) is 24.7. The highest BCUT2D eigenvalue weighted by molar-refractivity contribution is 5.92. The summed E-state index contributed by atoms with van der Waals surface area (Å²) in [6.45, 7) is 10.3. The molecule has 1 aliphatic rings. The predicted octanol–water partition coefficient (Wildman–Crippen LogP) is 4.11. The summed E-state index contributed by atoms with van der Waals surface area (Å²) in [6, 6.07) is 14.8. The van der Waals surface area contributed by atoms with Crippen LogP contribution < -0.4 is 0 Å². The van der Waals surface area contributed by atoms with E-state index in [1.54, 1.807) is 26.0 Å². The maximum absolute atomic E-state index is 12.3. The monoisotopic (exact) mass is 334 g/mol. The van der Waals surface area contributed by atoms with Gasteiger partial charge in [-0.3, -0.25) is 0 Å². The first kappa shape index (κ1) is 16.7. The molecular weight excluding hydrogens is 316 g/mol. The Morgan fingerprint density at radius 1 is 0.760 bits per heavy atom. The minimum absolute atomic E-state index is 0.215. The topological polar surface area (TPSA) is 52.6 Å². The van der Waals surface area contributed by atoms with E-state index in [0.29, 0.717) is 11.1 Å². The second-order valence-electron chi connectivity index (χ2n) is 6.05. The minimum Gasteiger partial charge on any atom is -0.410 e. The van der Waals surface area contributed by atoms with Gasteiger partial charge in [-0.05, 0) is 25.0 Å². The van der Waals surface area contributed by atoms with E-state index in [-0.39, 0.29) is 11.1 Å². The van der Waals surface area contributed by atoms with E-state index >= 15 is 0 Å². The van der Waals surface area contributed by atoms with Gasteiger partial charge in [0.1, 0.15) is 0 Å². The van der Waals surface area contributed by atoms with Gasteiger partial charge in [0.2, 0.25) is 0 Å². The van der Waals surface area contributed by atoms with Crippen molar-refractivity contribution in [2.24, 2.45) is 0 Å². The molecule has 0 unspecified atom stereocenters. The minimum atomic E-state index is -1.65. The van der Waals surface area contributed by atoms with Crippen molar-refractivity contribution in [1.82, 2.24) is 0 Å². The highest BCUT2D eigenvalue weighted by Crippen LogP contribution is 2.50. The fraction of sp³-hybridized carbons (Fsp3) is 0.143. The summed E-state index contributed by atoms with van der Waals surface area (Å²) in [5, 5.41) is 0. The first-order valence-electron chi connectivity index (χ1n) is 7.84. The third-order valence-electron chi connectivity index (χ3n) is 4.02. The lowest BCUT2D eigenvalue weighted by Crippen LogP contribution is -2.37. The Morgan fingerprint density at radius 3 is 1.48 bits per heavy atom. The lowest BCUT2D eigenvalue weighted by atomic mass is 10.0. The van der Waals surface area contributed by atoms with E-state index in [0.717, 1.165) is 11.1 Å². The molecule has 0 aliphatic heterocycles. The number of hydrogen-bond donors (Lipinski definition) is 0. The molecule has 3 rings (SSSR count). The van der Waals surface area contributed by atoms with Crippen molar-refractivity contribution in [3.8, 4) is 11.1 Å². The standard InChI is InChI=1S/C21H18O4/c1-13(2)19(22)24-21(25-20(23)14(3)4)17-11-7-5-9-15(17)16-10-6-8-12-18(16)21/h5-12H,1,3H2,2,4H3. The molecule has 0 spiro atoms. The van der Waals surface area contributed by atoms with Crippen molar-refractivity contribution in [2.75, 3.05) is 0 Å². The summed E-state index contributed by atoms with van der Waals surface area (Å²) in [7, 11) is 0. The lowest BCUT2D eigenvalue weighted by molar-refractivity contribution is -0.212. The Morgan fingerprint density at radius 2 is 1.12 bits per heavy atom. The number of carbonyl (C=O) groups is 2. The van der Waals surface area contributed by atoms with Crippen molar-refractivity contribution in [1.29, 1.82) is 0 Å². The summed E-state index contributed by atoms with van der Waals surface area (Å²) in [6.07, 6.45) is 0. The van der Waals surface area contributed by atoms with E-state index in [1.165, 1.54) is 0 Å². The molecule has 4 heteroatoms. The maximum Gasteiger partial charge on any atom is 0.336 e. The highest BCUT2D eigenvalue weighted by atomic mass is 16.7. The van der Waals surface area contributed by atoms with Gasteiger partial charge in [-0.15, -0.1) is 0 Å². The van der Waals surface area contributed by atoms with Crippen molar-refractivity contribution in [2.45, 2.75) is 19.6 Å². The first-order valence-corrected chi connectivity index (χ1v) is 7.84. The molecule has 2 aromatic carbocycles. The molecule has 1 aliphatic carbocycles. The van der Waals surface area contributed by atoms with Gasteiger partial charge in [0.05, 0.1) is 0 Å². The van der Waals surface area contributed by atoms with Crippen LogP contribution in [0.4, 0.5) is 0 Å². The van der Waals surface area contributed by atoms with Gasteiger partial charge >= 0.3 is 17.7 Å². The van der Waals surface area contributed by atoms with E-state index in [9.17, 15) is 9.59 Å². The average Bonchev–Trinajstić information content (AvgIpc) is 2.86. The van der Waals surface area contributed by atoms with Crippen molar-refractivity contribution < 1.29 is 19.1 Å². The van der Waals surface area contributed by atoms with Crippen molar-refractivity contribution in [3.63, 3.8) is 0 Å². The number of rotatable bonds is 4. The number of benzene rings is 2. The third-order valence-corrected chi connectivity index (χ3v) is 4.02. The van der Waals surface area contributed by atoms with Crippen molar-refractivity contribution >= 4 is 11.9 Å². The van der Waals surface area contributed by atoms with Gasteiger partial charge in [0.15, 0.2) is 0 Å². The summed E-state index contributed by atoms with van der Waals surface area (Å²) in [5.74, 6) is -2.93. The zero-order valence-electron chi connectivity index (χ0n) is 14.2. The van der Waals surface area contributed by atoms with Crippen LogP contribution in [0.25, 0.3) is 11.1 Å². The van der Waals surface area contributed by atoms with Crippen LogP contribution in [0.2, 0.25) is 0 Å². The first-order chi connectivity index (χ1) is 11.9. The molecule has 0 aromatic heterocycles. The summed E-state index contributed by atoms with van der Waals surface area (Å²) >= 11 is 0. The molecule has 126 valence electrons. The highest BCUT2D eigenvalue weighted by Gasteiger charge is 2.50. The molecule has 25 heavy (non-hydrogen) atoms. The molecule has 2 aromatic rings. The lowest BCUT2D eigenvalue weighted by Gasteiger charge is -2.31. The molecule has 0 saturated carbocycles. The van der Waals surface area contributed by atoms with Crippen LogP contribution in [0.3, 0.4) is 0 Å². The number of esters is 2. The van der Waals surface area contributed by atoms with E-state index < -0.39 is 17.7 Å². The van der Waals surface area contributed by atoms with Gasteiger partial charge in [-0.1, -0.05) is 61.7 Å². The van der Waals surface area contributed by atoms with Gasteiger partial charge in [0, 0.05) is 22.3 Å². The van der Waals surface area contributed by atoms with Crippen LogP contribution in [-0.4, -0.2) is 11.9 Å². The number of hydrogen-bond acceptors (Lipinski definition) is 4. The molecule has 0 saturated heterocycles. The van der Waals surface area contributed by atoms with Crippen molar-refractivity contribution in [3.05, 3.63) is 84.0 Å². The molecule has 4 nitrogen and oxygen atoms in total. The Kier molecular flexibility index (Phi) is 4.05. The number of fused-ring (bicyclic) bond motifs is 3. The van der Waals surface area contributed by atoms with Gasteiger partial charge in [0.25, 0.3) is 0 Å². The smallest absolute Gasteiger partial charge is 0.336 e. The Bertz CT molecular complexity index is 832. The van der Waals surface area contributed by atoms with E-state index in [4.69, 9.17) is 9.47 Å². The van der Waals surface area contributed by atoms with Gasteiger partial charge in [-0.25, -0.2) is 9.59 Å². The normalized spacial score (nSPS) is 13.4. The SMILES string of the molecule is C=C(C)C(=O)OC1(OC(=O)C(=C)C)c2ccccc2-c2ccccc21. The second-order valence-corrected chi connectivity index (χ2v) is 6.05. The number of carbonyl (C=O) groups excluding carboxylic acids is 2. The fourth-order valence-electron chi connectivity index (χ4n) is 2.83. The molecule has 0 amide bonds. The number of ether oxygens (including phenoxy) is 2. The van der Waals surface area contributed by atoms with Crippen LogP contribution >= 0.6 is 0 Å². The van der Waals surface area contributed by atoms with E-state index in [1.807, 2.05) is 36.4 Å². The van der Waals surface area contributed by atoms with Crippen LogP contribution in [0.1, 0.15) is 25.0 Å². The van der Waals surface area contributed by atoms with Crippen LogP contribution in [0.5, 0.6) is 0 Å². The Balaban J connectivity index is 2.26. The maximum atomic E-state index is 12.3. The molecule has 0 radical (unpaired) electrons. The van der Waals surface area contributed by atoms with E-state index in [2.05, 4.69) is 13.2 Å². The van der Waals surface area contributed by atoms with Gasteiger partial charge in [-0.2, -0.15) is 0 Å². The van der Waals surface area contributed by atoms with Crippen LogP contribution in [0, 0.1) is 0 Å². The molecule has 0 atom stereocenters. The Labute approximate surface area is 146 Å². The largest absolute Gasteiger partial charge is 0.410 e. The fourth-order valence-corrected chi connectivity index (χ4v) is 2.83. The van der Waals surface area contributed by atoms with Crippen LogP contribution in [-0.2, 0) is 24.8 Å². The average molecular weight is 334 g/mol. The third kappa shape index (κ3) is 2.66.